The van der Waals surface area contributed by atoms with Crippen LogP contribution in [0, 0.1) is 25.7 Å². The molecule has 1 aromatic carbocycles. The highest BCUT2D eigenvalue weighted by atomic mass is 16.5. The van der Waals surface area contributed by atoms with Gasteiger partial charge in [-0.05, 0) is 26.0 Å². The van der Waals surface area contributed by atoms with Gasteiger partial charge in [0.2, 0.25) is 5.91 Å². The molecule has 0 aromatic heterocycles. The lowest BCUT2D eigenvalue weighted by atomic mass is 9.86. The van der Waals surface area contributed by atoms with Crippen molar-refractivity contribution in [3.05, 3.63) is 34.9 Å². The number of aryl methyl sites for hydroxylation is 2. The van der Waals surface area contributed by atoms with E-state index in [1.54, 1.807) is 12.1 Å². The Morgan fingerprint density at radius 3 is 1.81 bits per heavy atom. The lowest BCUT2D eigenvalue weighted by Crippen LogP contribution is -2.52. The molecule has 0 aliphatic heterocycles. The zero-order valence-electron chi connectivity index (χ0n) is 15.5. The quantitative estimate of drug-likeness (QED) is 0.536. The van der Waals surface area contributed by atoms with Gasteiger partial charge in [0.25, 0.3) is 5.91 Å². The van der Waals surface area contributed by atoms with E-state index in [0.717, 1.165) is 25.3 Å². The molecule has 0 fully saturated rings. The Balaban J connectivity index is 3.13. The molecule has 1 aromatic rings. The number of esters is 2. The molecule has 2 atom stereocenters. The summed E-state index contributed by atoms with van der Waals surface area (Å²) in [5.74, 6) is -5.55. The van der Waals surface area contributed by atoms with Crippen LogP contribution >= 0.6 is 0 Å². The zero-order valence-corrected chi connectivity index (χ0v) is 15.5. The predicted molar refractivity (Wildman–Crippen MR) is 93.1 cm³/mol. The maximum absolute atomic E-state index is 12.5. The second-order valence-corrected chi connectivity index (χ2v) is 6.11. The van der Waals surface area contributed by atoms with Crippen molar-refractivity contribution in [3.8, 4) is 0 Å². The summed E-state index contributed by atoms with van der Waals surface area (Å²) in [4.78, 5) is 48.3. The van der Waals surface area contributed by atoms with E-state index in [1.165, 1.54) is 6.92 Å². The van der Waals surface area contributed by atoms with Crippen molar-refractivity contribution in [1.82, 2.24) is 5.32 Å². The molecule has 0 saturated carbocycles. The van der Waals surface area contributed by atoms with Gasteiger partial charge in [-0.25, -0.2) is 0 Å². The van der Waals surface area contributed by atoms with E-state index in [0.29, 0.717) is 5.56 Å². The zero-order chi connectivity index (χ0) is 20.0. The molecule has 1 rings (SSSR count). The standard InChI is InChI=1S/C18H24N2O6/c1-9-6-10(2)8-12(7-9)16(22)20-14(15(19)21)11(3)13(17(23)25-4)18(24)26-5/h6-8,11,13-14H,1-5H3,(H2,19,21)(H,20,22)/t11-,14+/m1/s1. The lowest BCUT2D eigenvalue weighted by Gasteiger charge is -2.26. The van der Waals surface area contributed by atoms with E-state index in [9.17, 15) is 19.2 Å². The third-order valence-electron chi connectivity index (χ3n) is 4.04. The number of methoxy groups -OCH3 is 2. The summed E-state index contributed by atoms with van der Waals surface area (Å²) in [6, 6.07) is 3.94. The molecule has 0 aliphatic rings. The normalized spacial score (nSPS) is 12.8. The summed E-state index contributed by atoms with van der Waals surface area (Å²) >= 11 is 0. The number of primary amides is 1. The fraction of sp³-hybridized carbons (Fsp3) is 0.444. The van der Waals surface area contributed by atoms with E-state index in [2.05, 4.69) is 14.8 Å². The van der Waals surface area contributed by atoms with Crippen LogP contribution in [0.1, 0.15) is 28.4 Å². The van der Waals surface area contributed by atoms with Gasteiger partial charge >= 0.3 is 11.9 Å². The van der Waals surface area contributed by atoms with Crippen molar-refractivity contribution in [1.29, 1.82) is 0 Å². The smallest absolute Gasteiger partial charge is 0.320 e. The summed E-state index contributed by atoms with van der Waals surface area (Å²) in [6.07, 6.45) is 0. The topological polar surface area (TPSA) is 125 Å². The molecule has 0 aliphatic carbocycles. The van der Waals surface area contributed by atoms with Crippen molar-refractivity contribution >= 4 is 23.8 Å². The van der Waals surface area contributed by atoms with E-state index in [-0.39, 0.29) is 0 Å². The minimum atomic E-state index is -1.40. The first kappa shape index (κ1) is 21.1. The van der Waals surface area contributed by atoms with Gasteiger partial charge in [0.15, 0.2) is 5.92 Å². The third kappa shape index (κ3) is 5.05. The first-order valence-electron chi connectivity index (χ1n) is 7.96. The summed E-state index contributed by atoms with van der Waals surface area (Å²) in [5, 5.41) is 2.50. The van der Waals surface area contributed by atoms with Crippen LogP contribution in [0.15, 0.2) is 18.2 Å². The molecule has 0 radical (unpaired) electrons. The van der Waals surface area contributed by atoms with Crippen LogP contribution in [-0.4, -0.2) is 44.0 Å². The van der Waals surface area contributed by atoms with Gasteiger partial charge < -0.3 is 20.5 Å². The molecule has 0 heterocycles. The molecule has 2 amide bonds. The average Bonchev–Trinajstić information content (AvgIpc) is 2.57. The van der Waals surface area contributed by atoms with Crippen molar-refractivity contribution in [2.24, 2.45) is 17.6 Å². The number of carbonyl (C=O) groups excluding carboxylic acids is 4. The maximum atomic E-state index is 12.5. The van der Waals surface area contributed by atoms with Gasteiger partial charge in [-0.3, -0.25) is 19.2 Å². The molecule has 0 saturated heterocycles. The first-order chi connectivity index (χ1) is 12.1. The van der Waals surface area contributed by atoms with E-state index in [1.807, 2.05) is 19.9 Å². The Morgan fingerprint density at radius 1 is 0.962 bits per heavy atom. The maximum Gasteiger partial charge on any atom is 0.320 e. The highest BCUT2D eigenvalue weighted by Crippen LogP contribution is 2.20. The summed E-state index contributed by atoms with van der Waals surface area (Å²) in [6.45, 7) is 5.11. The Kier molecular flexibility index (Phi) is 7.30. The lowest BCUT2D eigenvalue weighted by molar-refractivity contribution is -0.161. The van der Waals surface area contributed by atoms with Crippen molar-refractivity contribution < 1.29 is 28.7 Å². The third-order valence-corrected chi connectivity index (χ3v) is 4.04. The van der Waals surface area contributed by atoms with Gasteiger partial charge in [0, 0.05) is 11.5 Å². The van der Waals surface area contributed by atoms with Crippen LogP contribution in [0.3, 0.4) is 0 Å². The highest BCUT2D eigenvalue weighted by Gasteiger charge is 2.41. The highest BCUT2D eigenvalue weighted by molar-refractivity contribution is 5.99. The molecular weight excluding hydrogens is 340 g/mol. The molecule has 8 nitrogen and oxygen atoms in total. The largest absolute Gasteiger partial charge is 0.468 e. The van der Waals surface area contributed by atoms with Crippen LogP contribution in [0.25, 0.3) is 0 Å². The van der Waals surface area contributed by atoms with Crippen LogP contribution in [0.4, 0.5) is 0 Å². The number of benzene rings is 1. The van der Waals surface area contributed by atoms with Crippen molar-refractivity contribution in [2.75, 3.05) is 14.2 Å². The van der Waals surface area contributed by atoms with Crippen LogP contribution in [0.2, 0.25) is 0 Å². The number of hydrogen-bond donors (Lipinski definition) is 2. The van der Waals surface area contributed by atoms with Gasteiger partial charge in [0.05, 0.1) is 14.2 Å². The average molecular weight is 364 g/mol. The van der Waals surface area contributed by atoms with Gasteiger partial charge in [-0.1, -0.05) is 24.1 Å². The van der Waals surface area contributed by atoms with Crippen LogP contribution in [-0.2, 0) is 23.9 Å². The molecule has 0 unspecified atom stereocenters. The SMILES string of the molecule is COC(=O)C(C(=O)OC)[C@@H](C)[C@H](NC(=O)c1cc(C)cc(C)c1)C(N)=O. The summed E-state index contributed by atoms with van der Waals surface area (Å²) in [5.41, 5.74) is 7.48. The predicted octanol–water partition coefficient (Wildman–Crippen LogP) is 0.485. The second kappa shape index (κ2) is 8.98. The number of ether oxygens (including phenoxy) is 2. The molecule has 3 N–H and O–H groups in total. The van der Waals surface area contributed by atoms with E-state index in [4.69, 9.17) is 5.73 Å². The Morgan fingerprint density at radius 2 is 1.42 bits per heavy atom. The fourth-order valence-electron chi connectivity index (χ4n) is 2.76. The fourth-order valence-corrected chi connectivity index (χ4v) is 2.76. The van der Waals surface area contributed by atoms with E-state index >= 15 is 0 Å². The summed E-state index contributed by atoms with van der Waals surface area (Å²) < 4.78 is 9.21. The molecule has 0 spiro atoms. The molecule has 26 heavy (non-hydrogen) atoms. The number of hydrogen-bond acceptors (Lipinski definition) is 6. The van der Waals surface area contributed by atoms with Crippen LogP contribution in [0.5, 0.6) is 0 Å². The molecular formula is C18H24N2O6. The minimum Gasteiger partial charge on any atom is -0.468 e. The Hall–Kier alpha value is -2.90. The van der Waals surface area contributed by atoms with Crippen molar-refractivity contribution in [3.63, 3.8) is 0 Å². The number of nitrogens with two attached hydrogens (primary N) is 1. The minimum absolute atomic E-state index is 0.341. The Bertz CT molecular complexity index is 679. The van der Waals surface area contributed by atoms with Crippen molar-refractivity contribution in [2.45, 2.75) is 26.8 Å². The Labute approximate surface area is 152 Å². The van der Waals surface area contributed by atoms with Gasteiger partial charge in [0.1, 0.15) is 6.04 Å². The molecule has 142 valence electrons. The van der Waals surface area contributed by atoms with Gasteiger partial charge in [-0.15, -0.1) is 0 Å². The molecule has 8 heteroatoms. The number of amides is 2. The first-order valence-corrected chi connectivity index (χ1v) is 7.96. The van der Waals surface area contributed by atoms with E-state index < -0.39 is 41.6 Å². The molecule has 0 bridgehead atoms. The second-order valence-electron chi connectivity index (χ2n) is 6.11. The number of carbonyl (C=O) groups is 4. The number of rotatable bonds is 7. The van der Waals surface area contributed by atoms with Crippen LogP contribution < -0.4 is 11.1 Å². The summed E-state index contributed by atoms with van der Waals surface area (Å²) in [7, 11) is 2.22. The number of nitrogens with one attached hydrogen (secondary N) is 1. The van der Waals surface area contributed by atoms with Gasteiger partial charge in [-0.2, -0.15) is 0 Å². The monoisotopic (exact) mass is 364 g/mol.